The molecule has 0 fully saturated rings. The van der Waals surface area contributed by atoms with Gasteiger partial charge in [0.1, 0.15) is 0 Å². The van der Waals surface area contributed by atoms with Gasteiger partial charge in [0.05, 0.1) is 0 Å². The van der Waals surface area contributed by atoms with E-state index in [0.29, 0.717) is 5.92 Å². The molecule has 0 aromatic heterocycles. The van der Waals surface area contributed by atoms with E-state index in [9.17, 15) is 0 Å². The van der Waals surface area contributed by atoms with Crippen molar-refractivity contribution in [2.75, 3.05) is 0 Å². The fraction of sp³-hybridized carbons (Fsp3) is 0.200. The summed E-state index contributed by atoms with van der Waals surface area (Å²) in [5.74, 6) is 0.609. The molecule has 0 nitrogen and oxygen atoms in total. The SMILES string of the molecule is CCC1c2ccccc2-c2ccccc21.[V]. The van der Waals surface area contributed by atoms with Gasteiger partial charge in [0.25, 0.3) is 0 Å². The minimum absolute atomic E-state index is 0. The number of fused-ring (bicyclic) bond motifs is 3. The second-order valence-electron chi connectivity index (χ2n) is 4.14. The maximum atomic E-state index is 2.27. The van der Waals surface area contributed by atoms with E-state index in [0.717, 1.165) is 0 Å². The molecule has 79 valence electrons. The fourth-order valence-electron chi connectivity index (χ4n) is 2.70. The zero-order valence-corrected chi connectivity index (χ0v) is 10.7. The van der Waals surface area contributed by atoms with E-state index in [1.165, 1.54) is 28.7 Å². The number of benzene rings is 2. The van der Waals surface area contributed by atoms with Crippen molar-refractivity contribution in [3.63, 3.8) is 0 Å². The minimum Gasteiger partial charge on any atom is -0.0645 e. The predicted molar refractivity (Wildman–Crippen MR) is 64.0 cm³/mol. The Bertz CT molecular complexity index is 457. The van der Waals surface area contributed by atoms with Gasteiger partial charge < -0.3 is 0 Å². The molecule has 0 amide bonds. The molecule has 0 saturated carbocycles. The molecule has 0 unspecified atom stereocenters. The van der Waals surface area contributed by atoms with Crippen molar-refractivity contribution in [1.29, 1.82) is 0 Å². The Hall–Kier alpha value is -0.976. The van der Waals surface area contributed by atoms with Gasteiger partial charge in [0.15, 0.2) is 0 Å². The van der Waals surface area contributed by atoms with E-state index in [2.05, 4.69) is 55.5 Å². The van der Waals surface area contributed by atoms with E-state index in [1.807, 2.05) is 0 Å². The summed E-state index contributed by atoms with van der Waals surface area (Å²) in [7, 11) is 0. The van der Waals surface area contributed by atoms with Gasteiger partial charge in [-0.3, -0.25) is 0 Å². The van der Waals surface area contributed by atoms with Crippen molar-refractivity contribution in [3.05, 3.63) is 59.7 Å². The molecule has 0 heterocycles. The summed E-state index contributed by atoms with van der Waals surface area (Å²) in [5.41, 5.74) is 5.86. The third kappa shape index (κ3) is 1.54. The Morgan fingerprint density at radius 2 is 1.25 bits per heavy atom. The van der Waals surface area contributed by atoms with Crippen molar-refractivity contribution >= 4 is 0 Å². The van der Waals surface area contributed by atoms with Crippen molar-refractivity contribution in [2.24, 2.45) is 0 Å². The van der Waals surface area contributed by atoms with Gasteiger partial charge in [-0.2, -0.15) is 0 Å². The Kier molecular flexibility index (Phi) is 3.23. The maximum absolute atomic E-state index is 2.27. The molecular weight excluding hydrogens is 231 g/mol. The third-order valence-electron chi connectivity index (χ3n) is 3.37. The number of hydrogen-bond donors (Lipinski definition) is 0. The zero-order chi connectivity index (χ0) is 10.3. The van der Waals surface area contributed by atoms with Crippen LogP contribution < -0.4 is 0 Å². The van der Waals surface area contributed by atoms with E-state index < -0.39 is 0 Å². The second kappa shape index (κ2) is 4.49. The van der Waals surface area contributed by atoms with Gasteiger partial charge in [-0.1, -0.05) is 55.5 Å². The Morgan fingerprint density at radius 1 is 0.812 bits per heavy atom. The molecule has 0 N–H and O–H groups in total. The molecule has 1 heteroatoms. The molecule has 0 spiro atoms. The van der Waals surface area contributed by atoms with Gasteiger partial charge >= 0.3 is 0 Å². The quantitative estimate of drug-likeness (QED) is 0.706. The number of hydrogen-bond acceptors (Lipinski definition) is 0. The fourth-order valence-corrected chi connectivity index (χ4v) is 2.70. The molecule has 1 aliphatic rings. The summed E-state index contributed by atoms with van der Waals surface area (Å²) < 4.78 is 0. The molecular formula is C15H14V. The van der Waals surface area contributed by atoms with Crippen molar-refractivity contribution < 1.29 is 18.6 Å². The van der Waals surface area contributed by atoms with Crippen LogP contribution >= 0.6 is 0 Å². The first-order valence-corrected chi connectivity index (χ1v) is 5.60. The first-order chi connectivity index (χ1) is 7.42. The van der Waals surface area contributed by atoms with Gasteiger partial charge in [0.2, 0.25) is 0 Å². The maximum Gasteiger partial charge on any atom is 0.00990 e. The summed E-state index contributed by atoms with van der Waals surface area (Å²) in [5, 5.41) is 0. The van der Waals surface area contributed by atoms with E-state index >= 15 is 0 Å². The minimum atomic E-state index is 0. The molecule has 0 bridgehead atoms. The van der Waals surface area contributed by atoms with Crippen molar-refractivity contribution in [1.82, 2.24) is 0 Å². The summed E-state index contributed by atoms with van der Waals surface area (Å²) in [6.07, 6.45) is 1.19. The largest absolute Gasteiger partial charge is 0.0645 e. The smallest absolute Gasteiger partial charge is 0.00990 e. The number of rotatable bonds is 1. The molecule has 0 atom stereocenters. The van der Waals surface area contributed by atoms with Crippen LogP contribution in [0.15, 0.2) is 48.5 Å². The van der Waals surface area contributed by atoms with Gasteiger partial charge in [-0.25, -0.2) is 0 Å². The average Bonchev–Trinajstić information content (AvgIpc) is 2.63. The van der Waals surface area contributed by atoms with Crippen LogP contribution in [0.3, 0.4) is 0 Å². The van der Waals surface area contributed by atoms with E-state index in [4.69, 9.17) is 0 Å². The van der Waals surface area contributed by atoms with Gasteiger partial charge in [-0.15, -0.1) is 0 Å². The molecule has 3 rings (SSSR count). The molecule has 2 aromatic rings. The molecule has 0 aliphatic heterocycles. The van der Waals surface area contributed by atoms with Crippen LogP contribution in [0.25, 0.3) is 11.1 Å². The van der Waals surface area contributed by atoms with Crippen molar-refractivity contribution in [3.8, 4) is 11.1 Å². The zero-order valence-electron chi connectivity index (χ0n) is 9.35. The van der Waals surface area contributed by atoms with Crippen LogP contribution in [0.1, 0.15) is 30.4 Å². The third-order valence-corrected chi connectivity index (χ3v) is 3.37. The van der Waals surface area contributed by atoms with Crippen LogP contribution in [0.5, 0.6) is 0 Å². The van der Waals surface area contributed by atoms with Gasteiger partial charge in [-0.05, 0) is 28.7 Å². The first kappa shape index (κ1) is 11.5. The molecule has 0 saturated heterocycles. The second-order valence-corrected chi connectivity index (χ2v) is 4.14. The van der Waals surface area contributed by atoms with Crippen LogP contribution in [0, 0.1) is 0 Å². The van der Waals surface area contributed by atoms with Crippen molar-refractivity contribution in [2.45, 2.75) is 19.3 Å². The summed E-state index contributed by atoms with van der Waals surface area (Å²) in [4.78, 5) is 0. The Balaban J connectivity index is 0.000000963. The van der Waals surface area contributed by atoms with Gasteiger partial charge in [0, 0.05) is 24.5 Å². The topological polar surface area (TPSA) is 0 Å². The predicted octanol–water partition coefficient (Wildman–Crippen LogP) is 4.21. The van der Waals surface area contributed by atoms with E-state index in [-0.39, 0.29) is 18.6 Å². The first-order valence-electron chi connectivity index (χ1n) is 5.60. The van der Waals surface area contributed by atoms with Crippen LogP contribution in [-0.4, -0.2) is 0 Å². The molecule has 16 heavy (non-hydrogen) atoms. The van der Waals surface area contributed by atoms with Crippen LogP contribution in [0.2, 0.25) is 0 Å². The van der Waals surface area contributed by atoms with E-state index in [1.54, 1.807) is 0 Å². The average molecular weight is 245 g/mol. The Morgan fingerprint density at radius 3 is 1.69 bits per heavy atom. The molecule has 1 radical (unpaired) electrons. The van der Waals surface area contributed by atoms with Crippen LogP contribution in [0.4, 0.5) is 0 Å². The Labute approximate surface area is 109 Å². The standard InChI is InChI=1S/C15H14.V/c1-2-11-12-7-3-5-9-14(12)15-10-6-4-8-13(11)15;/h3-11H,2H2,1H3;. The summed E-state index contributed by atoms with van der Waals surface area (Å²) in [6, 6.07) is 17.6. The van der Waals surface area contributed by atoms with Crippen LogP contribution in [-0.2, 0) is 18.6 Å². The monoisotopic (exact) mass is 245 g/mol. The molecule has 1 aliphatic carbocycles. The molecule has 2 aromatic carbocycles. The summed E-state index contributed by atoms with van der Waals surface area (Å²) >= 11 is 0. The normalized spacial score (nSPS) is 12.8. The summed E-state index contributed by atoms with van der Waals surface area (Å²) in [6.45, 7) is 2.27.